The van der Waals surface area contributed by atoms with Crippen LogP contribution < -0.4 is 17.0 Å². The number of hydrazone groups is 1. The summed E-state index contributed by atoms with van der Waals surface area (Å²) in [5.41, 5.74) is 10.6. The van der Waals surface area contributed by atoms with Gasteiger partial charge in [0, 0.05) is 12.5 Å². The number of hydrazine groups is 1. The molecule has 1 unspecified atom stereocenters. The minimum absolute atomic E-state index is 0.171. The standard InChI is InChI=1S/C24H22ClF3N6O2S/c25-21-11-10-18(12-20(21)24(26,27)28)37(35,36)33-23(29)34-14-19(16-4-2-1-3-5-16)22(32-34)17-8-6-15(7-9-17)13-31-30/h1-12,19,31H,13-14,30H2,(H2,29,33). The van der Waals surface area contributed by atoms with Gasteiger partial charge >= 0.3 is 6.18 Å². The molecule has 0 aliphatic carbocycles. The highest BCUT2D eigenvalue weighted by Crippen LogP contribution is 2.36. The molecule has 1 aliphatic rings. The maximum Gasteiger partial charge on any atom is 0.417 e. The quantitative estimate of drug-likeness (QED) is 0.185. The summed E-state index contributed by atoms with van der Waals surface area (Å²) < 4.78 is 68.9. The van der Waals surface area contributed by atoms with Gasteiger partial charge in [-0.25, -0.2) is 5.01 Å². The van der Waals surface area contributed by atoms with Crippen LogP contribution in [0.5, 0.6) is 0 Å². The Hall–Kier alpha value is -3.45. The summed E-state index contributed by atoms with van der Waals surface area (Å²) in [6.07, 6.45) is -4.84. The monoisotopic (exact) mass is 550 g/mol. The average Bonchev–Trinajstić information content (AvgIpc) is 3.30. The Morgan fingerprint density at radius 1 is 1.11 bits per heavy atom. The van der Waals surface area contributed by atoms with E-state index in [1.807, 2.05) is 54.6 Å². The highest BCUT2D eigenvalue weighted by atomic mass is 35.5. The first-order valence-electron chi connectivity index (χ1n) is 10.9. The molecule has 1 atom stereocenters. The molecule has 3 aromatic rings. The van der Waals surface area contributed by atoms with Crippen LogP contribution in [0.2, 0.25) is 5.02 Å². The van der Waals surface area contributed by atoms with Gasteiger partial charge in [0.05, 0.1) is 27.7 Å². The van der Waals surface area contributed by atoms with Crippen LogP contribution in [0.3, 0.4) is 0 Å². The molecule has 1 aliphatic heterocycles. The first kappa shape index (κ1) is 26.6. The summed E-state index contributed by atoms with van der Waals surface area (Å²) in [6.45, 7) is 0.643. The molecule has 3 aromatic carbocycles. The second-order valence-corrected chi connectivity index (χ2v) is 10.2. The number of alkyl halides is 3. The third kappa shape index (κ3) is 5.93. The molecule has 8 nitrogen and oxygen atoms in total. The molecule has 37 heavy (non-hydrogen) atoms. The fourth-order valence-corrected chi connectivity index (χ4v) is 5.05. The second kappa shape index (κ2) is 10.5. The van der Waals surface area contributed by atoms with E-state index in [0.29, 0.717) is 18.3 Å². The first-order valence-corrected chi connectivity index (χ1v) is 12.7. The van der Waals surface area contributed by atoms with Crippen molar-refractivity contribution in [2.45, 2.75) is 23.5 Å². The highest BCUT2D eigenvalue weighted by Gasteiger charge is 2.35. The van der Waals surface area contributed by atoms with Crippen LogP contribution in [0.15, 0.2) is 87.2 Å². The van der Waals surface area contributed by atoms with Crippen molar-refractivity contribution in [3.8, 4) is 0 Å². The van der Waals surface area contributed by atoms with Gasteiger partial charge in [0.25, 0.3) is 10.0 Å². The van der Waals surface area contributed by atoms with Gasteiger partial charge in [0.2, 0.25) is 5.96 Å². The molecule has 0 radical (unpaired) electrons. The SMILES string of the molecule is NNCc1ccc(C2=NN(/C(N)=N/S(=O)(=O)c3ccc(Cl)c(C(F)(F)F)c3)CC2c2ccccc2)cc1. The Labute approximate surface area is 216 Å². The molecule has 5 N–H and O–H groups in total. The van der Waals surface area contributed by atoms with Crippen molar-refractivity contribution in [2.24, 2.45) is 21.1 Å². The van der Waals surface area contributed by atoms with Crippen molar-refractivity contribution < 1.29 is 21.6 Å². The van der Waals surface area contributed by atoms with Crippen molar-refractivity contribution >= 4 is 33.3 Å². The number of rotatable bonds is 6. The van der Waals surface area contributed by atoms with E-state index in [1.54, 1.807) is 0 Å². The van der Waals surface area contributed by atoms with Crippen molar-refractivity contribution in [3.05, 3.63) is 100 Å². The molecule has 0 spiro atoms. The minimum Gasteiger partial charge on any atom is -0.367 e. The lowest BCUT2D eigenvalue weighted by Crippen LogP contribution is -2.33. The summed E-state index contributed by atoms with van der Waals surface area (Å²) in [5.74, 6) is 4.62. The van der Waals surface area contributed by atoms with E-state index in [9.17, 15) is 21.6 Å². The Bertz CT molecular complexity index is 1450. The fourth-order valence-electron chi connectivity index (χ4n) is 3.87. The molecule has 4 rings (SSSR count). The predicted octanol–water partition coefficient (Wildman–Crippen LogP) is 3.83. The van der Waals surface area contributed by atoms with Crippen molar-refractivity contribution in [3.63, 3.8) is 0 Å². The molecule has 13 heteroatoms. The van der Waals surface area contributed by atoms with E-state index >= 15 is 0 Å². The number of guanidine groups is 1. The zero-order valence-electron chi connectivity index (χ0n) is 19.2. The van der Waals surface area contributed by atoms with Crippen LogP contribution in [-0.4, -0.2) is 31.6 Å². The molecule has 194 valence electrons. The topological polar surface area (TPSA) is 126 Å². The lowest BCUT2D eigenvalue weighted by molar-refractivity contribution is -0.137. The Balaban J connectivity index is 1.70. The van der Waals surface area contributed by atoms with Crippen molar-refractivity contribution in [1.29, 1.82) is 0 Å². The zero-order valence-corrected chi connectivity index (χ0v) is 20.7. The molecule has 0 amide bonds. The van der Waals surface area contributed by atoms with E-state index in [-0.39, 0.29) is 12.5 Å². The number of hydrogen-bond acceptors (Lipinski definition) is 5. The van der Waals surface area contributed by atoms with Gasteiger partial charge in [-0.05, 0) is 34.9 Å². The summed E-state index contributed by atoms with van der Waals surface area (Å²) >= 11 is 5.61. The third-order valence-corrected chi connectivity index (χ3v) is 7.30. The van der Waals surface area contributed by atoms with E-state index in [1.165, 1.54) is 5.01 Å². The number of hydrogen-bond donors (Lipinski definition) is 3. The van der Waals surface area contributed by atoms with Crippen molar-refractivity contribution in [1.82, 2.24) is 10.4 Å². The van der Waals surface area contributed by atoms with Crippen LogP contribution in [0, 0.1) is 0 Å². The van der Waals surface area contributed by atoms with Gasteiger partial charge in [-0.3, -0.25) is 11.3 Å². The van der Waals surface area contributed by atoms with E-state index < -0.39 is 37.6 Å². The molecular formula is C24H22ClF3N6O2S. The first-order chi connectivity index (χ1) is 17.5. The molecule has 0 aromatic heterocycles. The van der Waals surface area contributed by atoms with Gasteiger partial charge in [-0.2, -0.15) is 26.7 Å². The summed E-state index contributed by atoms with van der Waals surface area (Å²) in [5, 5.41) is 5.12. The van der Waals surface area contributed by atoms with Crippen LogP contribution >= 0.6 is 11.6 Å². The molecule has 1 heterocycles. The number of nitrogens with zero attached hydrogens (tertiary/aromatic N) is 3. The second-order valence-electron chi connectivity index (χ2n) is 8.17. The Kier molecular flexibility index (Phi) is 7.55. The van der Waals surface area contributed by atoms with Crippen LogP contribution in [0.4, 0.5) is 13.2 Å². The number of nitrogens with two attached hydrogens (primary N) is 2. The Morgan fingerprint density at radius 3 is 2.41 bits per heavy atom. The number of nitrogens with one attached hydrogen (secondary N) is 1. The van der Waals surface area contributed by atoms with Gasteiger partial charge in [-0.15, -0.1) is 4.40 Å². The minimum atomic E-state index is -4.84. The Morgan fingerprint density at radius 2 is 1.78 bits per heavy atom. The lowest BCUT2D eigenvalue weighted by atomic mass is 9.90. The summed E-state index contributed by atoms with van der Waals surface area (Å²) in [4.78, 5) is -0.695. The van der Waals surface area contributed by atoms with Crippen LogP contribution in [0.25, 0.3) is 0 Å². The molecular weight excluding hydrogens is 529 g/mol. The summed E-state index contributed by atoms with van der Waals surface area (Å²) in [7, 11) is -4.60. The van der Waals surface area contributed by atoms with E-state index in [0.717, 1.165) is 28.8 Å². The highest BCUT2D eigenvalue weighted by molar-refractivity contribution is 7.90. The number of halogens is 4. The smallest absolute Gasteiger partial charge is 0.367 e. The molecule has 0 saturated heterocycles. The zero-order chi connectivity index (χ0) is 26.8. The van der Waals surface area contributed by atoms with Gasteiger partial charge in [0.15, 0.2) is 0 Å². The number of benzene rings is 3. The van der Waals surface area contributed by atoms with E-state index in [2.05, 4.69) is 14.9 Å². The van der Waals surface area contributed by atoms with Crippen LogP contribution in [0.1, 0.15) is 28.2 Å². The average molecular weight is 551 g/mol. The maximum atomic E-state index is 13.2. The molecule has 0 saturated carbocycles. The van der Waals surface area contributed by atoms with Gasteiger partial charge in [0.1, 0.15) is 0 Å². The molecule has 0 fully saturated rings. The number of sulfonamides is 1. The predicted molar refractivity (Wildman–Crippen MR) is 135 cm³/mol. The molecule has 0 bridgehead atoms. The van der Waals surface area contributed by atoms with Crippen LogP contribution in [-0.2, 0) is 22.7 Å². The van der Waals surface area contributed by atoms with Gasteiger partial charge < -0.3 is 5.73 Å². The third-order valence-electron chi connectivity index (χ3n) is 5.69. The normalized spacial score (nSPS) is 16.7. The maximum absolute atomic E-state index is 13.2. The lowest BCUT2D eigenvalue weighted by Gasteiger charge is -2.16. The van der Waals surface area contributed by atoms with E-state index in [4.69, 9.17) is 23.2 Å². The fraction of sp³-hybridized carbons (Fsp3) is 0.167. The summed E-state index contributed by atoms with van der Waals surface area (Å²) in [6, 6.07) is 19.1. The van der Waals surface area contributed by atoms with Gasteiger partial charge in [-0.1, -0.05) is 66.2 Å². The largest absolute Gasteiger partial charge is 0.417 e. The van der Waals surface area contributed by atoms with Crippen molar-refractivity contribution in [2.75, 3.05) is 6.54 Å².